The number of nitrogens with zero attached hydrogens (tertiary/aromatic N) is 4. The van der Waals surface area contributed by atoms with Gasteiger partial charge < -0.3 is 5.43 Å². The molecule has 0 amide bonds. The standard InChI is InChI=1S/C8H10BrN7O2S/c1-16-8(12-4-13-16)15-19(17,18)6-2-5(9)3-11-7(6)14-10/h2-4H,10H2,1H3,(H,11,14)(H,12,13,15). The number of nitrogen functional groups attached to an aromatic ring is 1. The zero-order chi connectivity index (χ0) is 14.0. The minimum Gasteiger partial charge on any atom is -0.307 e. The van der Waals surface area contributed by atoms with Gasteiger partial charge in [0.25, 0.3) is 10.0 Å². The van der Waals surface area contributed by atoms with Crippen molar-refractivity contribution in [2.75, 3.05) is 10.1 Å². The second-order valence-electron chi connectivity index (χ2n) is 3.46. The van der Waals surface area contributed by atoms with E-state index in [0.29, 0.717) is 4.47 Å². The Balaban J connectivity index is 2.45. The van der Waals surface area contributed by atoms with Crippen LogP contribution in [0.3, 0.4) is 0 Å². The van der Waals surface area contributed by atoms with Crippen LogP contribution in [-0.4, -0.2) is 28.2 Å². The zero-order valence-corrected chi connectivity index (χ0v) is 12.1. The van der Waals surface area contributed by atoms with Crippen LogP contribution in [0.2, 0.25) is 0 Å². The number of hydrogen-bond donors (Lipinski definition) is 3. The molecule has 2 rings (SSSR count). The highest BCUT2D eigenvalue weighted by atomic mass is 79.9. The summed E-state index contributed by atoms with van der Waals surface area (Å²) in [7, 11) is -2.32. The Morgan fingerprint density at radius 3 is 2.74 bits per heavy atom. The number of nitrogens with two attached hydrogens (primary N) is 1. The Bertz CT molecular complexity index is 699. The molecule has 0 bridgehead atoms. The zero-order valence-electron chi connectivity index (χ0n) is 9.70. The van der Waals surface area contributed by atoms with E-state index in [-0.39, 0.29) is 16.7 Å². The number of aromatic nitrogens is 4. The van der Waals surface area contributed by atoms with Gasteiger partial charge in [-0.3, -0.25) is 0 Å². The Morgan fingerprint density at radius 1 is 1.42 bits per heavy atom. The molecule has 0 saturated carbocycles. The summed E-state index contributed by atoms with van der Waals surface area (Å²) in [6.07, 6.45) is 2.66. The minimum atomic E-state index is -3.88. The topological polar surface area (TPSA) is 128 Å². The lowest BCUT2D eigenvalue weighted by atomic mass is 10.5. The molecule has 0 radical (unpaired) electrons. The first-order valence-electron chi connectivity index (χ1n) is 4.93. The van der Waals surface area contributed by atoms with Crippen molar-refractivity contribution in [2.45, 2.75) is 4.90 Å². The Kier molecular flexibility index (Phi) is 3.68. The van der Waals surface area contributed by atoms with Crippen LogP contribution < -0.4 is 16.0 Å². The van der Waals surface area contributed by atoms with Crippen molar-refractivity contribution in [3.8, 4) is 0 Å². The molecule has 102 valence electrons. The van der Waals surface area contributed by atoms with E-state index in [1.807, 2.05) is 0 Å². The summed E-state index contributed by atoms with van der Waals surface area (Å²) in [6.45, 7) is 0. The number of hydrazine groups is 1. The Hall–Kier alpha value is -1.72. The normalized spacial score (nSPS) is 11.3. The SMILES string of the molecule is Cn1ncnc1NS(=O)(=O)c1cc(Br)cnc1NN. The predicted molar refractivity (Wildman–Crippen MR) is 71.6 cm³/mol. The molecule has 0 aliphatic heterocycles. The maximum Gasteiger partial charge on any atom is 0.267 e. The molecule has 0 atom stereocenters. The molecule has 0 fully saturated rings. The monoisotopic (exact) mass is 347 g/mol. The number of rotatable bonds is 4. The second kappa shape index (κ2) is 5.11. The van der Waals surface area contributed by atoms with Crippen molar-refractivity contribution in [3.05, 3.63) is 23.1 Å². The maximum atomic E-state index is 12.2. The van der Waals surface area contributed by atoms with Gasteiger partial charge in [-0.25, -0.2) is 28.6 Å². The molecule has 2 aromatic heterocycles. The molecule has 0 aliphatic carbocycles. The van der Waals surface area contributed by atoms with Crippen molar-refractivity contribution in [1.29, 1.82) is 0 Å². The Labute approximate surface area is 117 Å². The number of halogens is 1. The fourth-order valence-electron chi connectivity index (χ4n) is 1.30. The van der Waals surface area contributed by atoms with Crippen molar-refractivity contribution in [2.24, 2.45) is 12.9 Å². The lowest BCUT2D eigenvalue weighted by molar-refractivity contribution is 0.600. The van der Waals surface area contributed by atoms with Gasteiger partial charge in [-0.05, 0) is 22.0 Å². The molecule has 2 aromatic rings. The molecule has 0 aliphatic rings. The molecule has 0 aromatic carbocycles. The summed E-state index contributed by atoms with van der Waals surface area (Å²) in [6, 6.07) is 1.38. The molecule has 0 saturated heterocycles. The first kappa shape index (κ1) is 13.7. The van der Waals surface area contributed by atoms with Gasteiger partial charge in [-0.1, -0.05) is 0 Å². The number of hydrogen-bond acceptors (Lipinski definition) is 7. The van der Waals surface area contributed by atoms with Crippen molar-refractivity contribution in [3.63, 3.8) is 0 Å². The number of pyridine rings is 1. The van der Waals surface area contributed by atoms with Crippen LogP contribution in [0.15, 0.2) is 28.0 Å². The average molecular weight is 348 g/mol. The molecular formula is C8H10BrN7O2S. The largest absolute Gasteiger partial charge is 0.307 e. The van der Waals surface area contributed by atoms with Gasteiger partial charge >= 0.3 is 0 Å². The van der Waals surface area contributed by atoms with Gasteiger partial charge in [0.15, 0.2) is 5.82 Å². The number of sulfonamides is 1. The second-order valence-corrected chi connectivity index (χ2v) is 6.02. The first-order valence-corrected chi connectivity index (χ1v) is 7.20. The quantitative estimate of drug-likeness (QED) is 0.526. The van der Waals surface area contributed by atoms with Gasteiger partial charge in [-0.15, -0.1) is 0 Å². The third kappa shape index (κ3) is 2.83. The lowest BCUT2D eigenvalue weighted by Crippen LogP contribution is -2.20. The van der Waals surface area contributed by atoms with Crippen LogP contribution in [-0.2, 0) is 17.1 Å². The number of nitrogens with one attached hydrogen (secondary N) is 2. The smallest absolute Gasteiger partial charge is 0.267 e. The summed E-state index contributed by atoms with van der Waals surface area (Å²) in [4.78, 5) is 7.55. The summed E-state index contributed by atoms with van der Waals surface area (Å²) in [5.41, 5.74) is 2.23. The van der Waals surface area contributed by atoms with Gasteiger partial charge in [0, 0.05) is 17.7 Å². The van der Waals surface area contributed by atoms with Crippen molar-refractivity contribution < 1.29 is 8.42 Å². The highest BCUT2D eigenvalue weighted by Gasteiger charge is 2.22. The number of aryl methyl sites for hydroxylation is 1. The molecule has 19 heavy (non-hydrogen) atoms. The van der Waals surface area contributed by atoms with E-state index in [0.717, 1.165) is 0 Å². The first-order chi connectivity index (χ1) is 8.94. The van der Waals surface area contributed by atoms with Gasteiger partial charge in [0.2, 0.25) is 5.95 Å². The molecule has 11 heteroatoms. The van der Waals surface area contributed by atoms with E-state index in [1.165, 1.54) is 23.3 Å². The van der Waals surface area contributed by atoms with Gasteiger partial charge in [0.1, 0.15) is 11.2 Å². The molecule has 4 N–H and O–H groups in total. The lowest BCUT2D eigenvalue weighted by Gasteiger charge is -2.10. The van der Waals surface area contributed by atoms with Gasteiger partial charge in [-0.2, -0.15) is 10.1 Å². The van der Waals surface area contributed by atoms with Crippen molar-refractivity contribution >= 4 is 37.7 Å². The van der Waals surface area contributed by atoms with E-state index in [4.69, 9.17) is 5.84 Å². The predicted octanol–water partition coefficient (Wildman–Crippen LogP) is 0.0590. The van der Waals surface area contributed by atoms with Crippen LogP contribution in [0.25, 0.3) is 0 Å². The maximum absolute atomic E-state index is 12.2. The average Bonchev–Trinajstić information content (AvgIpc) is 2.74. The van der Waals surface area contributed by atoms with Crippen LogP contribution >= 0.6 is 15.9 Å². The van der Waals surface area contributed by atoms with Crippen LogP contribution in [0, 0.1) is 0 Å². The summed E-state index contributed by atoms with van der Waals surface area (Å²) < 4.78 is 28.6. The Morgan fingerprint density at radius 2 is 2.16 bits per heavy atom. The van der Waals surface area contributed by atoms with Gasteiger partial charge in [0.05, 0.1) is 0 Å². The fourth-order valence-corrected chi connectivity index (χ4v) is 2.96. The molecular weight excluding hydrogens is 338 g/mol. The van der Waals surface area contributed by atoms with E-state index in [2.05, 4.69) is 41.1 Å². The number of anilines is 2. The van der Waals surface area contributed by atoms with Crippen LogP contribution in [0.1, 0.15) is 0 Å². The molecule has 0 spiro atoms. The van der Waals surface area contributed by atoms with Crippen molar-refractivity contribution in [1.82, 2.24) is 19.7 Å². The third-order valence-electron chi connectivity index (χ3n) is 2.18. The van der Waals surface area contributed by atoms with E-state index in [9.17, 15) is 8.42 Å². The highest BCUT2D eigenvalue weighted by Crippen LogP contribution is 2.23. The molecule has 9 nitrogen and oxygen atoms in total. The molecule has 2 heterocycles. The fraction of sp³-hybridized carbons (Fsp3) is 0.125. The molecule has 0 unspecified atom stereocenters. The van der Waals surface area contributed by atoms with Crippen LogP contribution in [0.4, 0.5) is 11.8 Å². The highest BCUT2D eigenvalue weighted by molar-refractivity contribution is 9.10. The summed E-state index contributed by atoms with van der Waals surface area (Å²) in [5.74, 6) is 5.36. The van der Waals surface area contributed by atoms with E-state index in [1.54, 1.807) is 7.05 Å². The summed E-state index contributed by atoms with van der Waals surface area (Å²) in [5, 5.41) is 3.77. The summed E-state index contributed by atoms with van der Waals surface area (Å²) >= 11 is 3.15. The van der Waals surface area contributed by atoms with E-state index >= 15 is 0 Å². The van der Waals surface area contributed by atoms with E-state index < -0.39 is 10.0 Å². The third-order valence-corrected chi connectivity index (χ3v) is 3.96. The minimum absolute atomic E-state index is 0.0258. The van der Waals surface area contributed by atoms with Crippen LogP contribution in [0.5, 0.6) is 0 Å².